The van der Waals surface area contributed by atoms with Crippen molar-refractivity contribution in [1.29, 1.82) is 0 Å². The van der Waals surface area contributed by atoms with Crippen LogP contribution in [0.4, 0.5) is 0 Å². The summed E-state index contributed by atoms with van der Waals surface area (Å²) < 4.78 is 12.3. The second kappa shape index (κ2) is 6.35. The van der Waals surface area contributed by atoms with Crippen LogP contribution in [0.25, 0.3) is 0 Å². The van der Waals surface area contributed by atoms with E-state index in [1.807, 2.05) is 18.2 Å². The molecule has 2 unspecified atom stereocenters. The molecular weight excluding hydrogens is 308 g/mol. The van der Waals surface area contributed by atoms with Crippen molar-refractivity contribution in [2.75, 3.05) is 13.2 Å². The normalized spacial score (nSPS) is 30.0. The molecule has 0 aliphatic carbocycles. The molecule has 2 aliphatic heterocycles. The van der Waals surface area contributed by atoms with Crippen molar-refractivity contribution < 1.29 is 19.4 Å². The first-order chi connectivity index (χ1) is 11.4. The number of benzene rings is 1. The molecule has 2 atom stereocenters. The molecule has 1 fully saturated rings. The Morgan fingerprint density at radius 3 is 2.62 bits per heavy atom. The zero-order valence-electron chi connectivity index (χ0n) is 14.5. The van der Waals surface area contributed by atoms with E-state index < -0.39 is 11.1 Å². The summed E-state index contributed by atoms with van der Waals surface area (Å²) >= 11 is 0. The van der Waals surface area contributed by atoms with Gasteiger partial charge in [-0.1, -0.05) is 23.3 Å². The Balaban J connectivity index is 1.88. The van der Waals surface area contributed by atoms with Gasteiger partial charge in [-0.05, 0) is 52.2 Å². The first-order valence-electron chi connectivity index (χ1n) is 8.48. The fourth-order valence-corrected chi connectivity index (χ4v) is 3.20. The smallest absolute Gasteiger partial charge is 0.316 e. The molecule has 0 aromatic heterocycles. The molecule has 1 radical (unpaired) electrons. The summed E-state index contributed by atoms with van der Waals surface area (Å²) in [5.74, 6) is 0.135. The van der Waals surface area contributed by atoms with Crippen LogP contribution in [0.2, 0.25) is 0 Å². The quantitative estimate of drug-likeness (QED) is 0.627. The molecule has 2 heterocycles. The minimum Gasteiger partial charge on any atom is -0.714 e. The maximum absolute atomic E-state index is 13.0. The molecule has 6 nitrogen and oxygen atoms in total. The predicted octanol–water partition coefficient (Wildman–Crippen LogP) is 2.69. The van der Waals surface area contributed by atoms with Crippen LogP contribution in [0.1, 0.15) is 45.6 Å². The van der Waals surface area contributed by atoms with Gasteiger partial charge in [0.2, 0.25) is 0 Å². The molecule has 1 aromatic carbocycles. The minimum absolute atomic E-state index is 0.135. The maximum Gasteiger partial charge on any atom is 0.316 e. The van der Waals surface area contributed by atoms with Gasteiger partial charge < -0.3 is 14.7 Å². The molecule has 2 aliphatic rings. The van der Waals surface area contributed by atoms with Gasteiger partial charge in [-0.3, -0.25) is 4.74 Å². The Morgan fingerprint density at radius 1 is 1.29 bits per heavy atom. The monoisotopic (exact) mass is 333 g/mol. The van der Waals surface area contributed by atoms with Crippen molar-refractivity contribution in [2.45, 2.75) is 57.4 Å². The lowest BCUT2D eigenvalue weighted by Gasteiger charge is -2.37. The van der Waals surface area contributed by atoms with E-state index in [2.05, 4.69) is 0 Å². The van der Waals surface area contributed by atoms with Crippen molar-refractivity contribution in [3.8, 4) is 0 Å². The summed E-state index contributed by atoms with van der Waals surface area (Å²) in [5, 5.41) is 26.7. The van der Waals surface area contributed by atoms with Crippen LogP contribution in [-0.2, 0) is 14.7 Å². The molecule has 3 rings (SSSR count). The van der Waals surface area contributed by atoms with Crippen LogP contribution in [-0.4, -0.2) is 46.2 Å². The van der Waals surface area contributed by atoms with Crippen molar-refractivity contribution in [2.24, 2.45) is 0 Å². The van der Waals surface area contributed by atoms with Gasteiger partial charge in [-0.15, -0.1) is 0 Å². The Labute approximate surface area is 142 Å². The zero-order chi connectivity index (χ0) is 17.4. The molecule has 0 amide bonds. The zero-order valence-corrected chi connectivity index (χ0v) is 14.5. The molecule has 0 bridgehead atoms. The molecule has 1 aromatic rings. The highest BCUT2D eigenvalue weighted by molar-refractivity contribution is 5.95. The van der Waals surface area contributed by atoms with Gasteiger partial charge in [-0.25, -0.2) is 0 Å². The summed E-state index contributed by atoms with van der Waals surface area (Å²) in [6.45, 7) is 6.17. The topological polar surface area (TPSA) is 67.7 Å². The van der Waals surface area contributed by atoms with Gasteiger partial charge >= 0.3 is 5.84 Å². The Hall–Kier alpha value is -1.63. The van der Waals surface area contributed by atoms with E-state index in [0.29, 0.717) is 12.2 Å². The lowest BCUT2D eigenvalue weighted by molar-refractivity contribution is -0.552. The van der Waals surface area contributed by atoms with Crippen LogP contribution in [0.5, 0.6) is 0 Å². The SMILES string of the molecule is CC1(C)N([O])C(c2ccccc2)=[N+]([O-])C1(C)COC1CCCCO1. The van der Waals surface area contributed by atoms with Crippen LogP contribution < -0.4 is 0 Å². The molecule has 131 valence electrons. The number of hydrogen-bond donors (Lipinski definition) is 0. The largest absolute Gasteiger partial charge is 0.714 e. The third-order valence-electron chi connectivity index (χ3n) is 5.38. The van der Waals surface area contributed by atoms with Gasteiger partial charge in [0.05, 0.1) is 12.2 Å². The molecule has 0 N–H and O–H groups in total. The third kappa shape index (κ3) is 2.68. The van der Waals surface area contributed by atoms with Gasteiger partial charge in [0, 0.05) is 11.8 Å². The molecule has 0 spiro atoms. The highest BCUT2D eigenvalue weighted by Gasteiger charge is 2.63. The molecular formula is C18H25N2O4. The van der Waals surface area contributed by atoms with E-state index in [0.717, 1.165) is 29.1 Å². The standard InChI is InChI=1S/C18H25N2O4/c1-17(2)18(3,13-24-15-11-7-8-12-23-15)20(22)16(19(17)21)14-9-5-4-6-10-14/h4-6,9-10,15H,7-8,11-13H2,1-3H3. The lowest BCUT2D eigenvalue weighted by Crippen LogP contribution is -2.58. The van der Waals surface area contributed by atoms with E-state index in [1.165, 1.54) is 0 Å². The molecule has 24 heavy (non-hydrogen) atoms. The maximum atomic E-state index is 13.0. The fourth-order valence-electron chi connectivity index (χ4n) is 3.20. The average molecular weight is 333 g/mol. The second-order valence-corrected chi connectivity index (χ2v) is 7.22. The van der Waals surface area contributed by atoms with Gasteiger partial charge in [0.15, 0.2) is 17.4 Å². The Morgan fingerprint density at radius 2 is 2.00 bits per heavy atom. The summed E-state index contributed by atoms with van der Waals surface area (Å²) in [6, 6.07) is 9.05. The van der Waals surface area contributed by atoms with Crippen molar-refractivity contribution in [3.63, 3.8) is 0 Å². The van der Waals surface area contributed by atoms with Crippen molar-refractivity contribution >= 4 is 5.84 Å². The van der Waals surface area contributed by atoms with Gasteiger partial charge in [-0.2, -0.15) is 0 Å². The number of hydrogen-bond acceptors (Lipinski definition) is 4. The summed E-state index contributed by atoms with van der Waals surface area (Å²) in [5.41, 5.74) is -1.30. The van der Waals surface area contributed by atoms with Crippen molar-refractivity contribution in [3.05, 3.63) is 41.1 Å². The Kier molecular flexibility index (Phi) is 4.55. The highest BCUT2D eigenvalue weighted by Crippen LogP contribution is 2.38. The summed E-state index contributed by atoms with van der Waals surface area (Å²) in [7, 11) is 0. The lowest BCUT2D eigenvalue weighted by atomic mass is 9.83. The van der Waals surface area contributed by atoms with Crippen LogP contribution in [0, 0.1) is 5.21 Å². The van der Waals surface area contributed by atoms with Crippen LogP contribution in [0.15, 0.2) is 30.3 Å². The first-order valence-corrected chi connectivity index (χ1v) is 8.48. The number of amidine groups is 1. The first kappa shape index (κ1) is 17.2. The number of rotatable bonds is 4. The number of hydroxylamine groups is 3. The summed E-state index contributed by atoms with van der Waals surface area (Å²) in [6.07, 6.45) is 2.63. The summed E-state index contributed by atoms with van der Waals surface area (Å²) in [4.78, 5) is 0. The van der Waals surface area contributed by atoms with E-state index in [-0.39, 0.29) is 18.7 Å². The molecule has 6 heteroatoms. The van der Waals surface area contributed by atoms with Gasteiger partial charge in [0.1, 0.15) is 0 Å². The fraction of sp³-hybridized carbons (Fsp3) is 0.611. The predicted molar refractivity (Wildman–Crippen MR) is 88.7 cm³/mol. The Bertz CT molecular complexity index is 611. The van der Waals surface area contributed by atoms with Crippen LogP contribution in [0.3, 0.4) is 0 Å². The van der Waals surface area contributed by atoms with Gasteiger partial charge in [0.25, 0.3) is 0 Å². The van der Waals surface area contributed by atoms with Crippen molar-refractivity contribution in [1.82, 2.24) is 5.06 Å². The molecule has 1 saturated heterocycles. The average Bonchev–Trinajstić information content (AvgIpc) is 2.73. The van der Waals surface area contributed by atoms with E-state index in [4.69, 9.17) is 9.47 Å². The highest BCUT2D eigenvalue weighted by atomic mass is 16.7. The van der Waals surface area contributed by atoms with E-state index >= 15 is 0 Å². The van der Waals surface area contributed by atoms with E-state index in [9.17, 15) is 10.4 Å². The second-order valence-electron chi connectivity index (χ2n) is 7.22. The third-order valence-corrected chi connectivity index (χ3v) is 5.38. The van der Waals surface area contributed by atoms with Crippen LogP contribution >= 0.6 is 0 Å². The minimum atomic E-state index is -0.999. The van der Waals surface area contributed by atoms with E-state index in [1.54, 1.807) is 32.9 Å². The number of ether oxygens (including phenoxy) is 2. The molecule has 0 saturated carbocycles. The number of nitrogens with zero attached hydrogens (tertiary/aromatic N) is 2.